The highest BCUT2D eigenvalue weighted by molar-refractivity contribution is 7.94. The zero-order chi connectivity index (χ0) is 14.7. The maximum atomic E-state index is 5.96. The highest BCUT2D eigenvalue weighted by Crippen LogP contribution is 2.41. The van der Waals surface area contributed by atoms with Gasteiger partial charge in [0.15, 0.2) is 0 Å². The van der Waals surface area contributed by atoms with E-state index < -0.39 is 0 Å². The standard InChI is InChI=1S/C15H13ClN2OS2/c1-19-21-9-12-14(10-4-6-11(16)7-5-10)17-18-15(12)13-3-2-8-20-13/h2-8,14H,9H2,1H3. The van der Waals surface area contributed by atoms with E-state index in [9.17, 15) is 0 Å². The maximum Gasteiger partial charge on any atom is 0.121 e. The Morgan fingerprint density at radius 2 is 2.10 bits per heavy atom. The van der Waals surface area contributed by atoms with Crippen molar-refractivity contribution in [1.29, 1.82) is 0 Å². The van der Waals surface area contributed by atoms with Crippen LogP contribution in [0.25, 0.3) is 5.70 Å². The fraction of sp³-hybridized carbons (Fsp3) is 0.200. The van der Waals surface area contributed by atoms with Gasteiger partial charge in [0.25, 0.3) is 0 Å². The lowest BCUT2D eigenvalue weighted by Gasteiger charge is -2.12. The molecule has 2 heterocycles. The largest absolute Gasteiger partial charge is 0.318 e. The number of nitrogens with zero attached hydrogens (tertiary/aromatic N) is 2. The molecule has 1 aromatic carbocycles. The lowest BCUT2D eigenvalue weighted by atomic mass is 9.99. The van der Waals surface area contributed by atoms with Crippen LogP contribution in [-0.2, 0) is 4.18 Å². The van der Waals surface area contributed by atoms with Crippen LogP contribution < -0.4 is 0 Å². The molecule has 0 aliphatic carbocycles. The molecule has 0 fully saturated rings. The van der Waals surface area contributed by atoms with Crippen LogP contribution in [0.2, 0.25) is 5.02 Å². The van der Waals surface area contributed by atoms with Crippen LogP contribution in [0, 0.1) is 0 Å². The molecule has 0 saturated carbocycles. The summed E-state index contributed by atoms with van der Waals surface area (Å²) in [5.41, 5.74) is 3.24. The summed E-state index contributed by atoms with van der Waals surface area (Å²) < 4.78 is 5.15. The van der Waals surface area contributed by atoms with E-state index >= 15 is 0 Å². The van der Waals surface area contributed by atoms with Crippen LogP contribution >= 0.6 is 35.0 Å². The molecule has 0 N–H and O–H groups in total. The second kappa shape index (κ2) is 6.75. The predicted molar refractivity (Wildman–Crippen MR) is 89.8 cm³/mol. The van der Waals surface area contributed by atoms with E-state index in [2.05, 4.69) is 21.7 Å². The van der Waals surface area contributed by atoms with Gasteiger partial charge in [-0.15, -0.1) is 11.3 Å². The minimum Gasteiger partial charge on any atom is -0.318 e. The summed E-state index contributed by atoms with van der Waals surface area (Å²) in [5, 5.41) is 11.6. The summed E-state index contributed by atoms with van der Waals surface area (Å²) in [4.78, 5) is 1.14. The van der Waals surface area contributed by atoms with Crippen molar-refractivity contribution in [2.45, 2.75) is 6.04 Å². The van der Waals surface area contributed by atoms with Gasteiger partial charge in [0.1, 0.15) is 11.7 Å². The van der Waals surface area contributed by atoms with Crippen LogP contribution in [0.4, 0.5) is 0 Å². The van der Waals surface area contributed by atoms with Crippen molar-refractivity contribution in [2.75, 3.05) is 12.9 Å². The number of hydrogen-bond donors (Lipinski definition) is 0. The summed E-state index contributed by atoms with van der Waals surface area (Å²) in [7, 11) is 1.68. The van der Waals surface area contributed by atoms with Crippen molar-refractivity contribution in [3.05, 3.63) is 62.8 Å². The molecule has 0 bridgehead atoms. The van der Waals surface area contributed by atoms with Crippen LogP contribution in [0.3, 0.4) is 0 Å². The Hall–Kier alpha value is -1.14. The molecule has 1 aliphatic heterocycles. The third-order valence-corrected chi connectivity index (χ3v) is 4.97. The number of azo groups is 1. The summed E-state index contributed by atoms with van der Waals surface area (Å²) in [5.74, 6) is 0.740. The number of benzene rings is 1. The molecule has 2 aromatic rings. The molecule has 3 rings (SSSR count). The topological polar surface area (TPSA) is 34.0 Å². The minimum absolute atomic E-state index is 0.0537. The maximum absolute atomic E-state index is 5.96. The molecule has 0 amide bonds. The van der Waals surface area contributed by atoms with E-state index in [1.165, 1.54) is 17.6 Å². The zero-order valence-electron chi connectivity index (χ0n) is 11.3. The highest BCUT2D eigenvalue weighted by Gasteiger charge is 2.26. The molecule has 3 nitrogen and oxygen atoms in total. The summed E-state index contributed by atoms with van der Waals surface area (Å²) in [6, 6.07) is 11.8. The van der Waals surface area contributed by atoms with Gasteiger partial charge in [-0.25, -0.2) is 0 Å². The first kappa shape index (κ1) is 14.8. The Bertz CT molecular complexity index is 665. The predicted octanol–water partition coefficient (Wildman–Crippen LogP) is 5.61. The smallest absolute Gasteiger partial charge is 0.121 e. The van der Waals surface area contributed by atoms with Crippen LogP contribution in [-0.4, -0.2) is 12.9 Å². The molecular weight excluding hydrogens is 324 g/mol. The molecule has 0 saturated heterocycles. The Morgan fingerprint density at radius 1 is 1.29 bits per heavy atom. The normalized spacial score (nSPS) is 17.7. The van der Waals surface area contributed by atoms with E-state index in [-0.39, 0.29) is 6.04 Å². The van der Waals surface area contributed by atoms with Gasteiger partial charge in [0.05, 0.1) is 12.0 Å². The molecule has 21 heavy (non-hydrogen) atoms. The highest BCUT2D eigenvalue weighted by atomic mass is 35.5. The summed E-state index contributed by atoms with van der Waals surface area (Å²) in [6.45, 7) is 0. The zero-order valence-corrected chi connectivity index (χ0v) is 13.7. The monoisotopic (exact) mass is 336 g/mol. The molecule has 108 valence electrons. The van der Waals surface area contributed by atoms with Crippen molar-refractivity contribution in [3.8, 4) is 0 Å². The first-order valence-corrected chi connectivity index (χ1v) is 8.55. The molecule has 0 spiro atoms. The molecule has 1 aromatic heterocycles. The summed E-state index contributed by atoms with van der Waals surface area (Å²) >= 11 is 9.04. The summed E-state index contributed by atoms with van der Waals surface area (Å²) in [6.07, 6.45) is 0. The second-order valence-electron chi connectivity index (χ2n) is 4.45. The van der Waals surface area contributed by atoms with Gasteiger partial charge in [-0.2, -0.15) is 10.2 Å². The van der Waals surface area contributed by atoms with Gasteiger partial charge in [-0.3, -0.25) is 0 Å². The van der Waals surface area contributed by atoms with Crippen molar-refractivity contribution < 1.29 is 4.18 Å². The van der Waals surface area contributed by atoms with Crippen molar-refractivity contribution in [2.24, 2.45) is 10.2 Å². The Kier molecular flexibility index (Phi) is 4.75. The van der Waals surface area contributed by atoms with E-state index in [1.54, 1.807) is 18.4 Å². The number of hydrogen-bond acceptors (Lipinski definition) is 5. The molecule has 6 heteroatoms. The van der Waals surface area contributed by atoms with Gasteiger partial charge >= 0.3 is 0 Å². The number of thiophene rings is 1. The molecule has 1 atom stereocenters. The lowest BCUT2D eigenvalue weighted by molar-refractivity contribution is 0.490. The van der Waals surface area contributed by atoms with Crippen LogP contribution in [0.1, 0.15) is 16.5 Å². The quantitative estimate of drug-likeness (QED) is 0.664. The average molecular weight is 337 g/mol. The fourth-order valence-corrected chi connectivity index (χ4v) is 3.59. The Labute approximate surface area is 136 Å². The first-order chi connectivity index (χ1) is 10.3. The third kappa shape index (κ3) is 3.21. The molecule has 0 radical (unpaired) electrons. The first-order valence-electron chi connectivity index (χ1n) is 6.38. The van der Waals surface area contributed by atoms with Gasteiger partial charge in [0, 0.05) is 16.3 Å². The molecular formula is C15H13ClN2OS2. The Balaban J connectivity index is 1.97. The van der Waals surface area contributed by atoms with E-state index in [1.807, 2.05) is 30.3 Å². The number of halogens is 1. The second-order valence-corrected chi connectivity index (χ2v) is 6.69. The van der Waals surface area contributed by atoms with Gasteiger partial charge in [-0.1, -0.05) is 29.8 Å². The van der Waals surface area contributed by atoms with E-state index in [0.29, 0.717) is 0 Å². The van der Waals surface area contributed by atoms with E-state index in [0.717, 1.165) is 26.9 Å². The van der Waals surface area contributed by atoms with Crippen molar-refractivity contribution in [1.82, 2.24) is 0 Å². The van der Waals surface area contributed by atoms with Gasteiger partial charge in [-0.05, 0) is 41.2 Å². The lowest BCUT2D eigenvalue weighted by Crippen LogP contribution is -2.01. The van der Waals surface area contributed by atoms with Crippen molar-refractivity contribution >= 4 is 40.7 Å². The van der Waals surface area contributed by atoms with Crippen molar-refractivity contribution in [3.63, 3.8) is 0 Å². The van der Waals surface area contributed by atoms with Gasteiger partial charge < -0.3 is 4.18 Å². The third-order valence-electron chi connectivity index (χ3n) is 3.18. The van der Waals surface area contributed by atoms with Crippen LogP contribution in [0.5, 0.6) is 0 Å². The minimum atomic E-state index is -0.0537. The Morgan fingerprint density at radius 3 is 2.76 bits per heavy atom. The SMILES string of the molecule is COSCC1=C(c2cccs2)N=NC1c1ccc(Cl)cc1. The van der Waals surface area contributed by atoms with E-state index in [4.69, 9.17) is 15.8 Å². The average Bonchev–Trinajstić information content (AvgIpc) is 3.15. The molecule has 1 unspecified atom stereocenters. The fourth-order valence-electron chi connectivity index (χ4n) is 2.18. The van der Waals surface area contributed by atoms with Gasteiger partial charge in [0.2, 0.25) is 0 Å². The van der Waals surface area contributed by atoms with Crippen LogP contribution in [0.15, 0.2) is 57.6 Å². The number of rotatable bonds is 5. The molecule has 1 aliphatic rings.